The summed E-state index contributed by atoms with van der Waals surface area (Å²) in [5, 5.41) is 11.3. The Labute approximate surface area is 110 Å². The van der Waals surface area contributed by atoms with Gasteiger partial charge in [0.25, 0.3) is 0 Å². The third-order valence-corrected chi connectivity index (χ3v) is 4.24. The Morgan fingerprint density at radius 3 is 2.78 bits per heavy atom. The van der Waals surface area contributed by atoms with E-state index in [0.29, 0.717) is 32.5 Å². The summed E-state index contributed by atoms with van der Waals surface area (Å²) in [5.41, 5.74) is -0.887. The van der Waals surface area contributed by atoms with Crippen molar-refractivity contribution in [2.75, 3.05) is 19.7 Å². The average molecular weight is 270 g/mol. The van der Waals surface area contributed by atoms with Crippen LogP contribution in [0.3, 0.4) is 0 Å². The molecule has 1 N–H and O–H groups in total. The number of nitrogens with zero attached hydrogens (tertiary/aromatic N) is 2. The second kappa shape index (κ2) is 5.24. The molecule has 0 bridgehead atoms. The van der Waals surface area contributed by atoms with Crippen LogP contribution in [0.5, 0.6) is 0 Å². The number of piperidine rings is 1. The van der Waals surface area contributed by atoms with E-state index in [0.717, 1.165) is 9.88 Å². The van der Waals surface area contributed by atoms with E-state index in [1.54, 1.807) is 18.0 Å². The summed E-state index contributed by atoms with van der Waals surface area (Å²) in [7, 11) is 0. The molecule has 1 fully saturated rings. The van der Waals surface area contributed by atoms with Crippen molar-refractivity contribution >= 4 is 17.4 Å². The molecule has 1 amide bonds. The molecule has 1 aliphatic rings. The molecule has 2 heterocycles. The summed E-state index contributed by atoms with van der Waals surface area (Å²) in [4.78, 5) is 18.5. The number of likely N-dealkylation sites (tertiary alicyclic amines) is 1. The summed E-state index contributed by atoms with van der Waals surface area (Å²) < 4.78 is 4.95. The summed E-state index contributed by atoms with van der Waals surface area (Å²) in [5.74, 6) is 0. The molecular formula is C12H18N2O3S. The van der Waals surface area contributed by atoms with Gasteiger partial charge >= 0.3 is 6.09 Å². The minimum atomic E-state index is -0.887. The van der Waals surface area contributed by atoms with Crippen LogP contribution in [0.25, 0.3) is 0 Å². The second-order valence-corrected chi connectivity index (χ2v) is 5.73. The van der Waals surface area contributed by atoms with Crippen LogP contribution in [0, 0.1) is 6.92 Å². The van der Waals surface area contributed by atoms with Gasteiger partial charge in [0.1, 0.15) is 10.6 Å². The maximum absolute atomic E-state index is 11.6. The molecule has 6 heteroatoms. The Balaban J connectivity index is 1.99. The normalized spacial score (nSPS) is 18.7. The topological polar surface area (TPSA) is 62.7 Å². The Hall–Kier alpha value is -1.14. The number of aliphatic hydroxyl groups is 1. The van der Waals surface area contributed by atoms with E-state index in [1.807, 2.05) is 6.92 Å². The summed E-state index contributed by atoms with van der Waals surface area (Å²) in [6.07, 6.45) is 2.50. The highest BCUT2D eigenvalue weighted by atomic mass is 32.1. The monoisotopic (exact) mass is 270 g/mol. The van der Waals surface area contributed by atoms with Crippen molar-refractivity contribution < 1.29 is 14.6 Å². The molecule has 0 unspecified atom stereocenters. The zero-order valence-corrected chi connectivity index (χ0v) is 11.5. The highest BCUT2D eigenvalue weighted by Crippen LogP contribution is 2.35. The lowest BCUT2D eigenvalue weighted by atomic mass is 9.92. The quantitative estimate of drug-likeness (QED) is 0.891. The third-order valence-electron chi connectivity index (χ3n) is 3.14. The smallest absolute Gasteiger partial charge is 0.409 e. The highest BCUT2D eigenvalue weighted by Gasteiger charge is 2.38. The lowest BCUT2D eigenvalue weighted by Crippen LogP contribution is -2.45. The van der Waals surface area contributed by atoms with Gasteiger partial charge in [0, 0.05) is 37.0 Å². The fourth-order valence-electron chi connectivity index (χ4n) is 2.06. The largest absolute Gasteiger partial charge is 0.450 e. The molecule has 0 atom stereocenters. The molecule has 1 aromatic rings. The van der Waals surface area contributed by atoms with Gasteiger partial charge in [-0.1, -0.05) is 0 Å². The molecule has 100 valence electrons. The number of ether oxygens (including phenoxy) is 1. The first-order valence-corrected chi connectivity index (χ1v) is 6.94. The first kappa shape index (κ1) is 13.3. The van der Waals surface area contributed by atoms with Crippen molar-refractivity contribution in [3.05, 3.63) is 16.1 Å². The molecule has 0 aliphatic carbocycles. The number of hydrogen-bond donors (Lipinski definition) is 1. The van der Waals surface area contributed by atoms with E-state index in [2.05, 4.69) is 4.98 Å². The molecule has 0 spiro atoms. The summed E-state index contributed by atoms with van der Waals surface area (Å²) in [6.45, 7) is 5.15. The third kappa shape index (κ3) is 2.64. The van der Waals surface area contributed by atoms with Gasteiger partial charge in [0.05, 0.1) is 6.61 Å². The molecule has 0 saturated carbocycles. The van der Waals surface area contributed by atoms with Crippen molar-refractivity contribution in [1.82, 2.24) is 9.88 Å². The van der Waals surface area contributed by atoms with Crippen molar-refractivity contribution in [2.24, 2.45) is 0 Å². The zero-order chi connectivity index (χ0) is 13.2. The van der Waals surface area contributed by atoms with Crippen LogP contribution in [-0.4, -0.2) is 40.8 Å². The number of aryl methyl sites for hydroxylation is 1. The van der Waals surface area contributed by atoms with Gasteiger partial charge in [-0.2, -0.15) is 0 Å². The first-order valence-electron chi connectivity index (χ1n) is 6.12. The first-order chi connectivity index (χ1) is 8.55. The number of amides is 1. The Kier molecular flexibility index (Phi) is 3.87. The van der Waals surface area contributed by atoms with Crippen LogP contribution in [-0.2, 0) is 10.3 Å². The zero-order valence-electron chi connectivity index (χ0n) is 10.7. The minimum Gasteiger partial charge on any atom is -0.450 e. The van der Waals surface area contributed by atoms with Crippen LogP contribution >= 0.6 is 11.3 Å². The highest BCUT2D eigenvalue weighted by molar-refractivity contribution is 7.11. The Bertz CT molecular complexity index is 425. The number of rotatable bonds is 2. The molecule has 1 aliphatic heterocycles. The maximum atomic E-state index is 11.6. The van der Waals surface area contributed by atoms with Gasteiger partial charge in [0.2, 0.25) is 0 Å². The van der Waals surface area contributed by atoms with Gasteiger partial charge in [-0.25, -0.2) is 9.78 Å². The van der Waals surface area contributed by atoms with Crippen molar-refractivity contribution in [3.8, 4) is 0 Å². The van der Waals surface area contributed by atoms with E-state index >= 15 is 0 Å². The van der Waals surface area contributed by atoms with Crippen molar-refractivity contribution in [3.63, 3.8) is 0 Å². The van der Waals surface area contributed by atoms with Crippen molar-refractivity contribution in [2.45, 2.75) is 32.3 Å². The Morgan fingerprint density at radius 2 is 2.28 bits per heavy atom. The van der Waals surface area contributed by atoms with E-state index in [-0.39, 0.29) is 6.09 Å². The standard InChI is InChI=1S/C12H18N2O3S/c1-3-17-11(15)14-6-4-12(16,5-7-14)10-13-8-9(2)18-10/h8,16H,3-7H2,1-2H3. The number of carbonyl (C=O) groups is 1. The lowest BCUT2D eigenvalue weighted by Gasteiger charge is -2.36. The van der Waals surface area contributed by atoms with Crippen LogP contribution < -0.4 is 0 Å². The van der Waals surface area contributed by atoms with Crippen LogP contribution in [0.1, 0.15) is 29.7 Å². The van der Waals surface area contributed by atoms with E-state index < -0.39 is 5.60 Å². The number of thiazole rings is 1. The fraction of sp³-hybridized carbons (Fsp3) is 0.667. The summed E-state index contributed by atoms with van der Waals surface area (Å²) >= 11 is 1.52. The fourth-order valence-corrected chi connectivity index (χ4v) is 2.97. The van der Waals surface area contributed by atoms with E-state index in [1.165, 1.54) is 11.3 Å². The average Bonchev–Trinajstić information content (AvgIpc) is 2.78. The van der Waals surface area contributed by atoms with Crippen molar-refractivity contribution in [1.29, 1.82) is 0 Å². The van der Waals surface area contributed by atoms with Gasteiger partial charge in [-0.3, -0.25) is 0 Å². The number of aromatic nitrogens is 1. The number of carbonyl (C=O) groups excluding carboxylic acids is 1. The SMILES string of the molecule is CCOC(=O)N1CCC(O)(c2ncc(C)s2)CC1. The van der Waals surface area contributed by atoms with Gasteiger partial charge in [-0.15, -0.1) is 11.3 Å². The predicted molar refractivity (Wildman–Crippen MR) is 68.6 cm³/mol. The minimum absolute atomic E-state index is 0.296. The summed E-state index contributed by atoms with van der Waals surface area (Å²) in [6, 6.07) is 0. The number of hydrogen-bond acceptors (Lipinski definition) is 5. The molecule has 1 saturated heterocycles. The van der Waals surface area contributed by atoms with Crippen LogP contribution in [0.2, 0.25) is 0 Å². The van der Waals surface area contributed by atoms with Gasteiger partial charge in [-0.05, 0) is 13.8 Å². The van der Waals surface area contributed by atoms with Gasteiger partial charge < -0.3 is 14.7 Å². The van der Waals surface area contributed by atoms with E-state index in [4.69, 9.17) is 4.74 Å². The maximum Gasteiger partial charge on any atom is 0.409 e. The molecule has 2 rings (SSSR count). The molecule has 18 heavy (non-hydrogen) atoms. The molecule has 1 aromatic heterocycles. The van der Waals surface area contributed by atoms with Crippen LogP contribution in [0.15, 0.2) is 6.20 Å². The predicted octanol–water partition coefficient (Wildman–Crippen LogP) is 1.89. The molecule has 0 aromatic carbocycles. The van der Waals surface area contributed by atoms with Gasteiger partial charge in [0.15, 0.2) is 0 Å². The molecule has 5 nitrogen and oxygen atoms in total. The molecular weight excluding hydrogens is 252 g/mol. The van der Waals surface area contributed by atoms with Crippen LogP contribution in [0.4, 0.5) is 4.79 Å². The molecule has 0 radical (unpaired) electrons. The lowest BCUT2D eigenvalue weighted by molar-refractivity contribution is -0.0245. The van der Waals surface area contributed by atoms with E-state index in [9.17, 15) is 9.90 Å². The Morgan fingerprint density at radius 1 is 1.61 bits per heavy atom. The second-order valence-electron chi connectivity index (χ2n) is 4.49.